The highest BCUT2D eigenvalue weighted by Gasteiger charge is 2.20. The van der Waals surface area contributed by atoms with Crippen LogP contribution in [0.3, 0.4) is 0 Å². The van der Waals surface area contributed by atoms with Crippen molar-refractivity contribution in [3.05, 3.63) is 34.9 Å². The van der Waals surface area contributed by atoms with Crippen LogP contribution < -0.4 is 0 Å². The Kier molecular flexibility index (Phi) is 4.72. The molecule has 0 fully saturated rings. The van der Waals surface area contributed by atoms with Gasteiger partial charge < -0.3 is 0 Å². The maximum atomic E-state index is 11.6. The Morgan fingerprint density at radius 1 is 1.44 bits per heavy atom. The predicted molar refractivity (Wildman–Crippen MR) is 69.3 cm³/mol. The summed E-state index contributed by atoms with van der Waals surface area (Å²) in [7, 11) is 0. The number of carbonyl (C=O) groups is 1. The summed E-state index contributed by atoms with van der Waals surface area (Å²) in [6, 6.07) is 0. The van der Waals surface area contributed by atoms with E-state index in [4.69, 9.17) is 0 Å². The lowest BCUT2D eigenvalue weighted by atomic mass is 9.99. The van der Waals surface area contributed by atoms with Crippen LogP contribution in [0.2, 0.25) is 0 Å². The van der Waals surface area contributed by atoms with Crippen molar-refractivity contribution in [1.82, 2.24) is 0 Å². The summed E-state index contributed by atoms with van der Waals surface area (Å²) < 4.78 is 0. The van der Waals surface area contributed by atoms with E-state index in [-0.39, 0.29) is 11.7 Å². The van der Waals surface area contributed by atoms with Crippen LogP contribution in [0.25, 0.3) is 0 Å². The summed E-state index contributed by atoms with van der Waals surface area (Å²) in [6.45, 7) is 8.39. The lowest BCUT2D eigenvalue weighted by molar-refractivity contribution is -0.116. The molecule has 88 valence electrons. The lowest BCUT2D eigenvalue weighted by Gasteiger charge is -2.05. The second-order valence-corrected chi connectivity index (χ2v) is 5.04. The topological polar surface area (TPSA) is 17.1 Å². The van der Waals surface area contributed by atoms with Gasteiger partial charge in [-0.2, -0.15) is 0 Å². The van der Waals surface area contributed by atoms with Gasteiger partial charge in [0.05, 0.1) is 0 Å². The average molecular weight is 218 g/mol. The Balaban J connectivity index is 2.46. The standard InChI is InChI=1S/C15H22O/c1-11(2)6-5-7-12(3)8-14-9-13(4)10-15(14)16/h6,8,10,14H,5,7,9H2,1-4H3/b12-8+. The molecule has 0 N–H and O–H groups in total. The van der Waals surface area contributed by atoms with Gasteiger partial charge in [-0.05, 0) is 53.0 Å². The second-order valence-electron chi connectivity index (χ2n) is 5.04. The minimum absolute atomic E-state index is 0.117. The molecular weight excluding hydrogens is 196 g/mol. The van der Waals surface area contributed by atoms with Crippen molar-refractivity contribution < 1.29 is 4.79 Å². The zero-order valence-electron chi connectivity index (χ0n) is 10.8. The molecular formula is C15H22O. The molecule has 1 aliphatic carbocycles. The fourth-order valence-corrected chi connectivity index (χ4v) is 2.01. The summed E-state index contributed by atoms with van der Waals surface area (Å²) in [5, 5.41) is 0. The molecule has 1 heteroatoms. The number of hydrogen-bond acceptors (Lipinski definition) is 1. The van der Waals surface area contributed by atoms with Gasteiger partial charge in [0.25, 0.3) is 0 Å². The van der Waals surface area contributed by atoms with Crippen LogP contribution in [-0.4, -0.2) is 5.78 Å². The van der Waals surface area contributed by atoms with Crippen LogP contribution >= 0.6 is 0 Å². The van der Waals surface area contributed by atoms with Gasteiger partial charge in [-0.3, -0.25) is 4.79 Å². The summed E-state index contributed by atoms with van der Waals surface area (Å²) in [5.74, 6) is 0.394. The SMILES string of the molecule is CC(C)=CCC/C(C)=C/C1CC(C)=CC1=O. The van der Waals surface area contributed by atoms with E-state index in [1.165, 1.54) is 16.7 Å². The van der Waals surface area contributed by atoms with Crippen LogP contribution in [0.4, 0.5) is 0 Å². The third-order valence-corrected chi connectivity index (χ3v) is 2.87. The Hall–Kier alpha value is -1.11. The number of carbonyl (C=O) groups excluding carboxylic acids is 1. The van der Waals surface area contributed by atoms with Crippen molar-refractivity contribution >= 4 is 5.78 Å². The van der Waals surface area contributed by atoms with E-state index in [0.717, 1.165) is 19.3 Å². The first kappa shape index (κ1) is 13.0. The third kappa shape index (κ3) is 4.18. The van der Waals surface area contributed by atoms with Crippen molar-refractivity contribution in [1.29, 1.82) is 0 Å². The molecule has 0 aromatic heterocycles. The van der Waals surface area contributed by atoms with Crippen LogP contribution in [0.5, 0.6) is 0 Å². The Morgan fingerprint density at radius 2 is 2.12 bits per heavy atom. The van der Waals surface area contributed by atoms with Crippen molar-refractivity contribution in [2.24, 2.45) is 5.92 Å². The predicted octanol–water partition coefficient (Wildman–Crippen LogP) is 4.21. The van der Waals surface area contributed by atoms with Crippen molar-refractivity contribution in [3.63, 3.8) is 0 Å². The molecule has 1 aliphatic rings. The molecule has 0 heterocycles. The summed E-state index contributed by atoms with van der Waals surface area (Å²) >= 11 is 0. The molecule has 1 rings (SSSR count). The summed E-state index contributed by atoms with van der Waals surface area (Å²) in [5.41, 5.74) is 3.91. The first-order valence-corrected chi connectivity index (χ1v) is 6.00. The van der Waals surface area contributed by atoms with Crippen molar-refractivity contribution in [2.45, 2.75) is 47.0 Å². The second kappa shape index (κ2) is 5.83. The molecule has 0 aromatic carbocycles. The molecule has 0 bridgehead atoms. The molecule has 0 radical (unpaired) electrons. The highest BCUT2D eigenvalue weighted by Crippen LogP contribution is 2.24. The van der Waals surface area contributed by atoms with E-state index in [1.54, 1.807) is 6.08 Å². The first-order valence-electron chi connectivity index (χ1n) is 6.00. The minimum Gasteiger partial charge on any atom is -0.294 e. The summed E-state index contributed by atoms with van der Waals surface area (Å²) in [4.78, 5) is 11.6. The zero-order chi connectivity index (χ0) is 12.1. The number of allylic oxidation sites excluding steroid dienone is 6. The van der Waals surface area contributed by atoms with Gasteiger partial charge in [0.1, 0.15) is 0 Å². The average Bonchev–Trinajstić information content (AvgIpc) is 2.44. The zero-order valence-corrected chi connectivity index (χ0v) is 10.8. The molecule has 1 atom stereocenters. The largest absolute Gasteiger partial charge is 0.294 e. The van der Waals surface area contributed by atoms with Gasteiger partial charge in [-0.25, -0.2) is 0 Å². The van der Waals surface area contributed by atoms with Gasteiger partial charge in [0, 0.05) is 5.92 Å². The van der Waals surface area contributed by atoms with E-state index in [9.17, 15) is 4.79 Å². The Labute approximate surface area is 98.9 Å². The Morgan fingerprint density at radius 3 is 2.62 bits per heavy atom. The first-order chi connectivity index (χ1) is 7.49. The molecule has 1 unspecified atom stereocenters. The monoisotopic (exact) mass is 218 g/mol. The van der Waals surface area contributed by atoms with Gasteiger partial charge in [0.2, 0.25) is 0 Å². The van der Waals surface area contributed by atoms with Crippen LogP contribution in [-0.2, 0) is 4.79 Å². The molecule has 0 aliphatic heterocycles. The molecule has 0 amide bonds. The fraction of sp³-hybridized carbons (Fsp3) is 0.533. The molecule has 1 nitrogen and oxygen atoms in total. The number of rotatable bonds is 4. The molecule has 0 aromatic rings. The van der Waals surface area contributed by atoms with Crippen LogP contribution in [0.1, 0.15) is 47.0 Å². The Bertz CT molecular complexity index is 352. The van der Waals surface area contributed by atoms with Gasteiger partial charge in [-0.1, -0.05) is 28.9 Å². The quantitative estimate of drug-likeness (QED) is 0.646. The maximum absolute atomic E-state index is 11.6. The number of ketones is 1. The summed E-state index contributed by atoms with van der Waals surface area (Å²) in [6.07, 6.45) is 9.24. The minimum atomic E-state index is 0.117. The van der Waals surface area contributed by atoms with E-state index >= 15 is 0 Å². The van der Waals surface area contributed by atoms with Gasteiger partial charge in [-0.15, -0.1) is 0 Å². The van der Waals surface area contributed by atoms with Crippen molar-refractivity contribution in [2.75, 3.05) is 0 Å². The fourth-order valence-electron chi connectivity index (χ4n) is 2.01. The normalized spacial score (nSPS) is 21.0. The van der Waals surface area contributed by atoms with Gasteiger partial charge in [0.15, 0.2) is 5.78 Å². The van der Waals surface area contributed by atoms with E-state index in [0.29, 0.717) is 0 Å². The smallest absolute Gasteiger partial charge is 0.162 e. The molecule has 16 heavy (non-hydrogen) atoms. The highest BCUT2D eigenvalue weighted by molar-refractivity contribution is 5.96. The van der Waals surface area contributed by atoms with Gasteiger partial charge >= 0.3 is 0 Å². The molecule has 0 spiro atoms. The van der Waals surface area contributed by atoms with E-state index in [2.05, 4.69) is 32.9 Å². The highest BCUT2D eigenvalue weighted by atomic mass is 16.1. The van der Waals surface area contributed by atoms with E-state index < -0.39 is 0 Å². The lowest BCUT2D eigenvalue weighted by Crippen LogP contribution is -2.03. The molecule has 0 saturated heterocycles. The molecule has 0 saturated carbocycles. The number of hydrogen-bond donors (Lipinski definition) is 0. The maximum Gasteiger partial charge on any atom is 0.162 e. The van der Waals surface area contributed by atoms with Crippen LogP contribution in [0.15, 0.2) is 34.9 Å². The van der Waals surface area contributed by atoms with E-state index in [1.807, 2.05) is 6.92 Å². The third-order valence-electron chi connectivity index (χ3n) is 2.87. The van der Waals surface area contributed by atoms with Crippen molar-refractivity contribution in [3.8, 4) is 0 Å². The van der Waals surface area contributed by atoms with Crippen LogP contribution in [0, 0.1) is 5.92 Å².